The minimum atomic E-state index is -0.452. The molecule has 0 radical (unpaired) electrons. The van der Waals surface area contributed by atoms with E-state index in [2.05, 4.69) is 0 Å². The van der Waals surface area contributed by atoms with Crippen molar-refractivity contribution in [2.24, 2.45) is 0 Å². The Labute approximate surface area is 136 Å². The lowest BCUT2D eigenvalue weighted by molar-refractivity contribution is -0.691. The number of halogens is 2. The third kappa shape index (κ3) is 2.88. The quantitative estimate of drug-likeness (QED) is 0.866. The first-order valence-corrected chi connectivity index (χ1v) is 7.49. The highest BCUT2D eigenvalue weighted by molar-refractivity contribution is 6.42. The summed E-state index contributed by atoms with van der Waals surface area (Å²) in [4.78, 5) is 25.7. The number of imide groups is 1. The molecule has 2 heterocycles. The first-order chi connectivity index (χ1) is 10.6. The lowest BCUT2D eigenvalue weighted by atomic mass is 10.2. The van der Waals surface area contributed by atoms with E-state index in [1.165, 1.54) is 6.07 Å². The molecule has 0 saturated carbocycles. The van der Waals surface area contributed by atoms with E-state index in [0.717, 1.165) is 10.7 Å². The molecule has 7 heteroatoms. The van der Waals surface area contributed by atoms with Crippen LogP contribution in [0.5, 0.6) is 0 Å². The number of nitrogens with zero attached hydrogens (tertiary/aromatic N) is 1. The van der Waals surface area contributed by atoms with Crippen molar-refractivity contribution in [1.29, 1.82) is 0 Å². The fraction of sp³-hybridized carbons (Fsp3) is 0.200. The van der Waals surface area contributed by atoms with Gasteiger partial charge in [0.05, 0.1) is 28.4 Å². The predicted octanol–water partition coefficient (Wildman–Crippen LogP) is 1.98. The number of carbonyl (C=O) groups is 2. The number of nitrogens with two attached hydrogens (primary N) is 1. The summed E-state index contributed by atoms with van der Waals surface area (Å²) in [5.41, 5.74) is 0.443. The molecule has 0 spiro atoms. The van der Waals surface area contributed by atoms with Gasteiger partial charge in [-0.2, -0.15) is 0 Å². The maximum atomic E-state index is 12.4. The van der Waals surface area contributed by atoms with Gasteiger partial charge in [0, 0.05) is 0 Å². The van der Waals surface area contributed by atoms with E-state index < -0.39 is 6.04 Å². The van der Waals surface area contributed by atoms with E-state index in [-0.39, 0.29) is 18.2 Å². The Balaban J connectivity index is 1.74. The largest absolute Gasteiger partial charge is 0.463 e. The number of hydrogen-bond donors (Lipinski definition) is 1. The molecule has 1 fully saturated rings. The molecule has 1 aromatic heterocycles. The third-order valence-corrected chi connectivity index (χ3v) is 4.27. The van der Waals surface area contributed by atoms with Gasteiger partial charge in [0.25, 0.3) is 5.91 Å². The van der Waals surface area contributed by atoms with Crippen molar-refractivity contribution in [3.63, 3.8) is 0 Å². The Hall–Kier alpha value is -1.82. The van der Waals surface area contributed by atoms with Crippen molar-refractivity contribution in [3.05, 3.63) is 52.4 Å². The number of amides is 2. The highest BCUT2D eigenvalue weighted by Crippen LogP contribution is 2.29. The standard InChI is InChI=1S/C15H12Cl2N2O3/c16-11-4-3-9(6-12(11)17)19-14(20)7-13(15(19)21)18-8-10-2-1-5-22-10/h1-6,13,18H,7-8H2/p+1/t13-/m1/s1. The van der Waals surface area contributed by atoms with Crippen LogP contribution in [0, 0.1) is 0 Å². The minimum Gasteiger partial charge on any atom is -0.463 e. The average Bonchev–Trinajstić information content (AvgIpc) is 3.09. The highest BCUT2D eigenvalue weighted by Gasteiger charge is 2.42. The van der Waals surface area contributed by atoms with Gasteiger partial charge in [-0.15, -0.1) is 0 Å². The Morgan fingerprint density at radius 1 is 1.23 bits per heavy atom. The van der Waals surface area contributed by atoms with E-state index in [0.29, 0.717) is 22.3 Å². The SMILES string of the molecule is O=C1C[C@@H]([NH2+]Cc2ccco2)C(=O)N1c1ccc(Cl)c(Cl)c1. The zero-order valence-corrected chi connectivity index (χ0v) is 13.0. The third-order valence-electron chi connectivity index (χ3n) is 3.53. The van der Waals surface area contributed by atoms with Crippen LogP contribution in [-0.2, 0) is 16.1 Å². The van der Waals surface area contributed by atoms with Gasteiger partial charge in [-0.05, 0) is 30.3 Å². The Kier molecular flexibility index (Phi) is 4.20. The molecule has 1 saturated heterocycles. The van der Waals surface area contributed by atoms with Gasteiger partial charge in [0.15, 0.2) is 11.8 Å². The highest BCUT2D eigenvalue weighted by atomic mass is 35.5. The molecule has 2 amide bonds. The van der Waals surface area contributed by atoms with Crippen LogP contribution in [0.15, 0.2) is 41.0 Å². The zero-order chi connectivity index (χ0) is 15.7. The van der Waals surface area contributed by atoms with E-state index in [1.807, 2.05) is 6.07 Å². The van der Waals surface area contributed by atoms with Crippen molar-refractivity contribution >= 4 is 40.7 Å². The van der Waals surface area contributed by atoms with Crippen LogP contribution in [-0.4, -0.2) is 17.9 Å². The summed E-state index contributed by atoms with van der Waals surface area (Å²) < 4.78 is 5.22. The summed E-state index contributed by atoms with van der Waals surface area (Å²) >= 11 is 11.8. The van der Waals surface area contributed by atoms with Crippen molar-refractivity contribution in [2.75, 3.05) is 4.90 Å². The average molecular weight is 340 g/mol. The van der Waals surface area contributed by atoms with Crippen LogP contribution in [0.25, 0.3) is 0 Å². The molecule has 1 aliphatic rings. The second kappa shape index (κ2) is 6.12. The summed E-state index contributed by atoms with van der Waals surface area (Å²) in [6.07, 6.45) is 1.73. The first-order valence-electron chi connectivity index (χ1n) is 6.74. The molecule has 114 valence electrons. The summed E-state index contributed by atoms with van der Waals surface area (Å²) in [7, 11) is 0. The maximum absolute atomic E-state index is 12.4. The number of furan rings is 1. The molecule has 1 aromatic carbocycles. The molecule has 3 rings (SSSR count). The van der Waals surface area contributed by atoms with Crippen molar-refractivity contribution in [3.8, 4) is 0 Å². The number of anilines is 1. The van der Waals surface area contributed by atoms with Crippen molar-refractivity contribution < 1.29 is 19.3 Å². The fourth-order valence-electron chi connectivity index (χ4n) is 2.42. The molecular formula is C15H13Cl2N2O3+. The molecular weight excluding hydrogens is 327 g/mol. The molecule has 1 aliphatic heterocycles. The number of rotatable bonds is 4. The Morgan fingerprint density at radius 3 is 2.73 bits per heavy atom. The summed E-state index contributed by atoms with van der Waals surface area (Å²) in [6.45, 7) is 0.506. The van der Waals surface area contributed by atoms with E-state index in [1.54, 1.807) is 29.8 Å². The first kappa shape index (κ1) is 15.1. The Morgan fingerprint density at radius 2 is 2.05 bits per heavy atom. The smallest absolute Gasteiger partial charge is 0.292 e. The zero-order valence-electron chi connectivity index (χ0n) is 11.5. The van der Waals surface area contributed by atoms with Gasteiger partial charge in [-0.1, -0.05) is 23.2 Å². The van der Waals surface area contributed by atoms with Crippen LogP contribution in [0.4, 0.5) is 5.69 Å². The molecule has 5 nitrogen and oxygen atoms in total. The van der Waals surface area contributed by atoms with E-state index in [9.17, 15) is 9.59 Å². The van der Waals surface area contributed by atoms with Gasteiger partial charge < -0.3 is 9.73 Å². The fourth-order valence-corrected chi connectivity index (χ4v) is 2.71. The molecule has 0 unspecified atom stereocenters. The number of benzene rings is 1. The number of carbonyl (C=O) groups excluding carboxylic acids is 2. The van der Waals surface area contributed by atoms with Crippen molar-refractivity contribution in [2.45, 2.75) is 19.0 Å². The Bertz CT molecular complexity index is 716. The van der Waals surface area contributed by atoms with E-state index in [4.69, 9.17) is 27.6 Å². The summed E-state index contributed by atoms with van der Waals surface area (Å²) in [5, 5.41) is 2.49. The lowest BCUT2D eigenvalue weighted by Gasteiger charge is -2.14. The second-order valence-corrected chi connectivity index (χ2v) is 5.81. The van der Waals surface area contributed by atoms with Crippen LogP contribution in [0.2, 0.25) is 10.0 Å². The molecule has 1 atom stereocenters. The maximum Gasteiger partial charge on any atom is 0.292 e. The summed E-state index contributed by atoms with van der Waals surface area (Å²) in [5.74, 6) is 0.257. The minimum absolute atomic E-state index is 0.153. The van der Waals surface area contributed by atoms with Gasteiger partial charge in [0.2, 0.25) is 5.91 Å². The van der Waals surface area contributed by atoms with Crippen LogP contribution < -0.4 is 10.2 Å². The molecule has 0 bridgehead atoms. The van der Waals surface area contributed by atoms with Crippen LogP contribution in [0.1, 0.15) is 12.2 Å². The van der Waals surface area contributed by atoms with Gasteiger partial charge >= 0.3 is 0 Å². The predicted molar refractivity (Wildman–Crippen MR) is 81.7 cm³/mol. The molecule has 2 aromatic rings. The normalized spacial score (nSPS) is 18.3. The monoisotopic (exact) mass is 339 g/mol. The van der Waals surface area contributed by atoms with Gasteiger partial charge in [-0.3, -0.25) is 9.59 Å². The summed E-state index contributed by atoms with van der Waals surface area (Å²) in [6, 6.07) is 7.86. The van der Waals surface area contributed by atoms with Crippen LogP contribution in [0.3, 0.4) is 0 Å². The molecule has 22 heavy (non-hydrogen) atoms. The number of quaternary nitrogens is 1. The van der Waals surface area contributed by atoms with Crippen molar-refractivity contribution in [1.82, 2.24) is 0 Å². The number of hydrogen-bond acceptors (Lipinski definition) is 3. The lowest BCUT2D eigenvalue weighted by Crippen LogP contribution is -2.90. The second-order valence-electron chi connectivity index (χ2n) is 5.00. The van der Waals surface area contributed by atoms with Gasteiger partial charge in [0.1, 0.15) is 6.54 Å². The molecule has 0 aliphatic carbocycles. The molecule has 2 N–H and O–H groups in total. The van der Waals surface area contributed by atoms with Gasteiger partial charge in [-0.25, -0.2) is 4.90 Å². The van der Waals surface area contributed by atoms with E-state index >= 15 is 0 Å². The van der Waals surface area contributed by atoms with Crippen LogP contribution >= 0.6 is 23.2 Å². The topological polar surface area (TPSA) is 67.1 Å².